The first kappa shape index (κ1) is 12.6. The monoisotopic (exact) mass is 267 g/mol. The molecule has 2 aromatic rings. The number of carbonyl (C=O) groups is 1. The molecule has 0 aliphatic rings. The molecule has 0 aliphatic carbocycles. The van der Waals surface area contributed by atoms with Crippen molar-refractivity contribution in [1.82, 2.24) is 30.4 Å². The van der Waals surface area contributed by atoms with Gasteiger partial charge in [0.2, 0.25) is 11.0 Å². The molecule has 2 rings (SSSR count). The van der Waals surface area contributed by atoms with Gasteiger partial charge in [-0.25, -0.2) is 4.68 Å². The molecule has 1 N–H and O–H groups in total. The highest BCUT2D eigenvalue weighted by Gasteiger charge is 2.10. The number of nitrogens with zero attached hydrogens (tertiary/aromatic N) is 6. The van der Waals surface area contributed by atoms with Gasteiger partial charge in [-0.1, -0.05) is 25.2 Å². The van der Waals surface area contributed by atoms with E-state index in [4.69, 9.17) is 0 Å². The Kier molecular flexibility index (Phi) is 3.92. The van der Waals surface area contributed by atoms with Crippen LogP contribution in [0.3, 0.4) is 0 Å². The van der Waals surface area contributed by atoms with Crippen LogP contribution in [-0.4, -0.2) is 36.3 Å². The molecular formula is C9H13N7OS. The van der Waals surface area contributed by atoms with Crippen LogP contribution < -0.4 is 5.32 Å². The number of nitrogens with one attached hydrogen (secondary N) is 1. The van der Waals surface area contributed by atoms with Crippen LogP contribution in [0.25, 0.3) is 0 Å². The summed E-state index contributed by atoms with van der Waals surface area (Å²) in [6.07, 6.45) is 2.24. The molecular weight excluding hydrogens is 254 g/mol. The smallest absolute Gasteiger partial charge is 0.248 e. The Hall–Kier alpha value is -1.90. The lowest BCUT2D eigenvalue weighted by atomic mass is 10.1. The lowest BCUT2D eigenvalue weighted by molar-refractivity contribution is -0.116. The molecule has 1 amide bonds. The van der Waals surface area contributed by atoms with Crippen LogP contribution in [0.2, 0.25) is 0 Å². The number of hydrogen-bond donors (Lipinski definition) is 1. The van der Waals surface area contributed by atoms with Gasteiger partial charge in [0.1, 0.15) is 17.9 Å². The lowest BCUT2D eigenvalue weighted by Crippen LogP contribution is -2.19. The van der Waals surface area contributed by atoms with Gasteiger partial charge in [-0.15, -0.1) is 15.3 Å². The summed E-state index contributed by atoms with van der Waals surface area (Å²) in [5, 5.41) is 22.5. The van der Waals surface area contributed by atoms with Crippen LogP contribution in [0.15, 0.2) is 6.33 Å². The number of amides is 1. The highest BCUT2D eigenvalue weighted by Crippen LogP contribution is 2.18. The number of tetrazole rings is 1. The van der Waals surface area contributed by atoms with Crippen molar-refractivity contribution in [3.05, 3.63) is 11.3 Å². The van der Waals surface area contributed by atoms with Crippen molar-refractivity contribution in [1.29, 1.82) is 0 Å². The molecule has 2 aromatic heterocycles. The van der Waals surface area contributed by atoms with E-state index in [9.17, 15) is 4.79 Å². The number of rotatable bonds is 5. The number of aromatic nitrogens is 6. The first-order valence-electron chi connectivity index (χ1n) is 5.46. The molecule has 2 heterocycles. The minimum atomic E-state index is -0.227. The van der Waals surface area contributed by atoms with E-state index in [1.165, 1.54) is 22.3 Å². The van der Waals surface area contributed by atoms with Crippen molar-refractivity contribution in [2.45, 2.75) is 26.8 Å². The van der Waals surface area contributed by atoms with Gasteiger partial charge in [0.05, 0.1) is 0 Å². The van der Waals surface area contributed by atoms with E-state index < -0.39 is 0 Å². The average molecular weight is 267 g/mol. The van der Waals surface area contributed by atoms with Gasteiger partial charge in [-0.05, 0) is 16.3 Å². The fourth-order valence-electron chi connectivity index (χ4n) is 1.29. The largest absolute Gasteiger partial charge is 0.299 e. The minimum Gasteiger partial charge on any atom is -0.299 e. The highest BCUT2D eigenvalue weighted by atomic mass is 32.1. The summed E-state index contributed by atoms with van der Waals surface area (Å²) in [5.41, 5.74) is 0. The van der Waals surface area contributed by atoms with Crippen LogP contribution in [0.5, 0.6) is 0 Å². The third kappa shape index (κ3) is 3.55. The van der Waals surface area contributed by atoms with Crippen molar-refractivity contribution in [2.75, 3.05) is 5.32 Å². The number of carbonyl (C=O) groups excluding carboxylic acids is 1. The maximum Gasteiger partial charge on any atom is 0.248 e. The molecule has 0 saturated carbocycles. The van der Waals surface area contributed by atoms with E-state index in [-0.39, 0.29) is 12.5 Å². The molecule has 0 bridgehead atoms. The average Bonchev–Trinajstić information content (AvgIpc) is 2.89. The van der Waals surface area contributed by atoms with E-state index >= 15 is 0 Å². The molecule has 96 valence electrons. The first-order valence-corrected chi connectivity index (χ1v) is 6.28. The molecule has 18 heavy (non-hydrogen) atoms. The fraction of sp³-hybridized carbons (Fsp3) is 0.556. The summed E-state index contributed by atoms with van der Waals surface area (Å²) in [6, 6.07) is 0. The Morgan fingerprint density at radius 1 is 1.50 bits per heavy atom. The Morgan fingerprint density at radius 2 is 2.33 bits per heavy atom. The fourth-order valence-corrected chi connectivity index (χ4v) is 2.26. The Balaban J connectivity index is 1.89. The molecule has 0 unspecified atom stereocenters. The minimum absolute atomic E-state index is 0.0616. The van der Waals surface area contributed by atoms with Crippen molar-refractivity contribution in [3.8, 4) is 0 Å². The topological polar surface area (TPSA) is 98.5 Å². The molecule has 0 spiro atoms. The van der Waals surface area contributed by atoms with Gasteiger partial charge >= 0.3 is 0 Å². The zero-order valence-electron chi connectivity index (χ0n) is 10.1. The second kappa shape index (κ2) is 5.63. The summed E-state index contributed by atoms with van der Waals surface area (Å²) in [5.74, 6) is 0.289. The normalized spacial score (nSPS) is 10.8. The molecule has 8 nitrogen and oxygen atoms in total. The lowest BCUT2D eigenvalue weighted by Gasteiger charge is -1.99. The molecule has 0 radical (unpaired) electrons. The second-order valence-electron chi connectivity index (χ2n) is 4.15. The van der Waals surface area contributed by atoms with E-state index in [0.717, 1.165) is 11.4 Å². The predicted octanol–water partition coefficient (Wildman–Crippen LogP) is 0.362. The van der Waals surface area contributed by atoms with Gasteiger partial charge in [-0.3, -0.25) is 10.1 Å². The number of hydrogen-bond acceptors (Lipinski definition) is 7. The van der Waals surface area contributed by atoms with Gasteiger partial charge in [0.25, 0.3) is 0 Å². The van der Waals surface area contributed by atoms with Crippen LogP contribution in [0.4, 0.5) is 5.13 Å². The van der Waals surface area contributed by atoms with E-state index in [1.807, 2.05) is 0 Å². The molecule has 0 aromatic carbocycles. The standard InChI is InChI=1S/C9H13N7OS/c1-6(2)3-8-12-13-9(18-8)11-7(17)4-16-5-10-14-15-16/h5-6H,3-4H2,1-2H3,(H,11,13,17). The van der Waals surface area contributed by atoms with E-state index in [1.54, 1.807) is 0 Å². The Bertz CT molecular complexity index is 507. The third-order valence-corrected chi connectivity index (χ3v) is 2.85. The van der Waals surface area contributed by atoms with Crippen molar-refractivity contribution >= 4 is 22.4 Å². The summed E-state index contributed by atoms with van der Waals surface area (Å²) < 4.78 is 1.34. The molecule has 0 aliphatic heterocycles. The molecule has 0 fully saturated rings. The SMILES string of the molecule is CC(C)Cc1nnc(NC(=O)Cn2cnnn2)s1. The summed E-state index contributed by atoms with van der Waals surface area (Å²) in [7, 11) is 0. The molecule has 9 heteroatoms. The summed E-state index contributed by atoms with van der Waals surface area (Å²) >= 11 is 1.39. The van der Waals surface area contributed by atoms with E-state index in [0.29, 0.717) is 11.0 Å². The summed E-state index contributed by atoms with van der Waals surface area (Å²) in [6.45, 7) is 4.28. The molecule has 0 atom stereocenters. The van der Waals surface area contributed by atoms with Gasteiger partial charge in [-0.2, -0.15) is 0 Å². The second-order valence-corrected chi connectivity index (χ2v) is 5.22. The van der Waals surface area contributed by atoms with Crippen LogP contribution in [-0.2, 0) is 17.8 Å². The first-order chi connectivity index (χ1) is 8.63. The van der Waals surface area contributed by atoms with Crippen molar-refractivity contribution in [2.24, 2.45) is 5.92 Å². The van der Waals surface area contributed by atoms with Crippen LogP contribution >= 0.6 is 11.3 Å². The number of anilines is 1. The Labute approximate surface area is 107 Å². The van der Waals surface area contributed by atoms with Crippen LogP contribution in [0, 0.1) is 5.92 Å². The maximum atomic E-state index is 11.6. The van der Waals surface area contributed by atoms with Crippen molar-refractivity contribution in [3.63, 3.8) is 0 Å². The third-order valence-electron chi connectivity index (χ3n) is 1.99. The quantitative estimate of drug-likeness (QED) is 0.840. The zero-order valence-corrected chi connectivity index (χ0v) is 10.9. The van der Waals surface area contributed by atoms with Gasteiger partial charge in [0.15, 0.2) is 0 Å². The highest BCUT2D eigenvalue weighted by molar-refractivity contribution is 7.15. The van der Waals surface area contributed by atoms with Crippen LogP contribution in [0.1, 0.15) is 18.9 Å². The zero-order chi connectivity index (χ0) is 13.0. The molecule has 0 saturated heterocycles. The van der Waals surface area contributed by atoms with Gasteiger partial charge in [0, 0.05) is 6.42 Å². The van der Waals surface area contributed by atoms with Crippen molar-refractivity contribution < 1.29 is 4.79 Å². The Morgan fingerprint density at radius 3 is 3.00 bits per heavy atom. The van der Waals surface area contributed by atoms with Gasteiger partial charge < -0.3 is 0 Å². The maximum absolute atomic E-state index is 11.6. The summed E-state index contributed by atoms with van der Waals surface area (Å²) in [4.78, 5) is 11.6. The van der Waals surface area contributed by atoms with E-state index in [2.05, 4.69) is 44.9 Å². The predicted molar refractivity (Wildman–Crippen MR) is 64.9 cm³/mol.